The first-order valence-electron chi connectivity index (χ1n) is 7.99. The number of fused-ring (bicyclic) bond motifs is 3. The van der Waals surface area contributed by atoms with Gasteiger partial charge in [-0.25, -0.2) is 4.79 Å². The van der Waals surface area contributed by atoms with E-state index in [2.05, 4.69) is 24.5 Å². The SMILES string of the molecule is CCCCn1c2c(c3cccc(C(=O)O)c31)CC(C)CC2. The second-order valence-electron chi connectivity index (χ2n) is 6.29. The lowest BCUT2D eigenvalue weighted by molar-refractivity contribution is 0.0698. The molecule has 1 atom stereocenters. The van der Waals surface area contributed by atoms with Crippen molar-refractivity contribution in [3.63, 3.8) is 0 Å². The van der Waals surface area contributed by atoms with Gasteiger partial charge in [-0.1, -0.05) is 32.4 Å². The van der Waals surface area contributed by atoms with E-state index in [1.165, 1.54) is 17.7 Å². The highest BCUT2D eigenvalue weighted by molar-refractivity contribution is 6.04. The molecule has 1 N–H and O–H groups in total. The molecule has 0 bridgehead atoms. The first-order valence-corrected chi connectivity index (χ1v) is 7.99. The standard InChI is InChI=1S/C18H23NO2/c1-3-4-10-19-16-9-8-12(2)11-15(16)13-6-5-7-14(17(13)19)18(20)21/h5-7,12H,3-4,8-11H2,1-2H3,(H,20,21). The molecule has 1 aliphatic carbocycles. The highest BCUT2D eigenvalue weighted by Gasteiger charge is 2.25. The number of carbonyl (C=O) groups is 1. The molecular formula is C18H23NO2. The number of para-hydroxylation sites is 1. The van der Waals surface area contributed by atoms with Crippen LogP contribution in [0.15, 0.2) is 18.2 Å². The van der Waals surface area contributed by atoms with Crippen LogP contribution >= 0.6 is 0 Å². The summed E-state index contributed by atoms with van der Waals surface area (Å²) in [7, 11) is 0. The molecule has 1 heterocycles. The highest BCUT2D eigenvalue weighted by atomic mass is 16.4. The van der Waals surface area contributed by atoms with Crippen LogP contribution in [0.25, 0.3) is 10.9 Å². The molecule has 1 aromatic heterocycles. The molecule has 2 aromatic rings. The van der Waals surface area contributed by atoms with Gasteiger partial charge in [0.1, 0.15) is 0 Å². The smallest absolute Gasteiger partial charge is 0.337 e. The Hall–Kier alpha value is -1.77. The summed E-state index contributed by atoms with van der Waals surface area (Å²) in [6.07, 6.45) is 5.58. The van der Waals surface area contributed by atoms with Crippen LogP contribution in [0.5, 0.6) is 0 Å². The maximum Gasteiger partial charge on any atom is 0.337 e. The van der Waals surface area contributed by atoms with Gasteiger partial charge < -0.3 is 9.67 Å². The van der Waals surface area contributed by atoms with Crippen molar-refractivity contribution in [3.05, 3.63) is 35.0 Å². The molecule has 0 radical (unpaired) electrons. The van der Waals surface area contributed by atoms with Gasteiger partial charge in [-0.2, -0.15) is 0 Å². The third-order valence-corrected chi connectivity index (χ3v) is 4.70. The van der Waals surface area contributed by atoms with Crippen LogP contribution < -0.4 is 0 Å². The number of hydrogen-bond acceptors (Lipinski definition) is 1. The number of aryl methyl sites for hydroxylation is 1. The van der Waals surface area contributed by atoms with Crippen LogP contribution in [0.2, 0.25) is 0 Å². The van der Waals surface area contributed by atoms with E-state index in [1.807, 2.05) is 6.07 Å². The van der Waals surface area contributed by atoms with Gasteiger partial charge in [0.05, 0.1) is 11.1 Å². The number of unbranched alkanes of at least 4 members (excludes halogenated alkanes) is 1. The molecular weight excluding hydrogens is 262 g/mol. The Kier molecular flexibility index (Phi) is 3.75. The Morgan fingerprint density at radius 1 is 1.43 bits per heavy atom. The van der Waals surface area contributed by atoms with Gasteiger partial charge in [-0.05, 0) is 43.2 Å². The molecule has 3 rings (SSSR count). The van der Waals surface area contributed by atoms with E-state index < -0.39 is 5.97 Å². The lowest BCUT2D eigenvalue weighted by Crippen LogP contribution is -2.14. The summed E-state index contributed by atoms with van der Waals surface area (Å²) in [6.45, 7) is 5.40. The molecule has 112 valence electrons. The number of carboxylic acid groups (broad SMARTS) is 1. The fraction of sp³-hybridized carbons (Fsp3) is 0.500. The third kappa shape index (κ3) is 2.35. The van der Waals surface area contributed by atoms with E-state index in [0.29, 0.717) is 11.5 Å². The Morgan fingerprint density at radius 2 is 2.24 bits per heavy atom. The summed E-state index contributed by atoms with van der Waals surface area (Å²) in [5, 5.41) is 10.7. The van der Waals surface area contributed by atoms with E-state index in [4.69, 9.17) is 0 Å². The molecule has 1 aromatic carbocycles. The van der Waals surface area contributed by atoms with Gasteiger partial charge in [0.15, 0.2) is 0 Å². The van der Waals surface area contributed by atoms with Gasteiger partial charge in [0.25, 0.3) is 0 Å². The van der Waals surface area contributed by atoms with Crippen LogP contribution in [-0.4, -0.2) is 15.6 Å². The molecule has 0 spiro atoms. The molecule has 3 heteroatoms. The van der Waals surface area contributed by atoms with E-state index in [9.17, 15) is 9.90 Å². The minimum Gasteiger partial charge on any atom is -0.478 e. The predicted octanol–water partition coefficient (Wildman–Crippen LogP) is 4.26. The highest BCUT2D eigenvalue weighted by Crippen LogP contribution is 2.36. The van der Waals surface area contributed by atoms with Crippen LogP contribution in [-0.2, 0) is 19.4 Å². The Bertz CT molecular complexity index is 684. The van der Waals surface area contributed by atoms with E-state index in [0.717, 1.165) is 43.1 Å². The van der Waals surface area contributed by atoms with Crippen molar-refractivity contribution in [2.45, 2.75) is 52.5 Å². The zero-order valence-corrected chi connectivity index (χ0v) is 12.9. The Morgan fingerprint density at radius 3 is 2.95 bits per heavy atom. The first kappa shape index (κ1) is 14.2. The van der Waals surface area contributed by atoms with Crippen molar-refractivity contribution < 1.29 is 9.90 Å². The van der Waals surface area contributed by atoms with Crippen molar-refractivity contribution >= 4 is 16.9 Å². The number of carboxylic acids is 1. The fourth-order valence-corrected chi connectivity index (χ4v) is 3.61. The molecule has 0 amide bonds. The summed E-state index contributed by atoms with van der Waals surface area (Å²) in [5.41, 5.74) is 4.16. The monoisotopic (exact) mass is 285 g/mol. The number of hydrogen-bond donors (Lipinski definition) is 1. The lowest BCUT2D eigenvalue weighted by Gasteiger charge is -2.21. The maximum absolute atomic E-state index is 11.6. The molecule has 1 aliphatic rings. The van der Waals surface area contributed by atoms with Crippen molar-refractivity contribution in [1.29, 1.82) is 0 Å². The van der Waals surface area contributed by atoms with Crippen molar-refractivity contribution in [3.8, 4) is 0 Å². The second-order valence-corrected chi connectivity index (χ2v) is 6.29. The largest absolute Gasteiger partial charge is 0.478 e. The number of aromatic nitrogens is 1. The second kappa shape index (κ2) is 5.55. The average molecular weight is 285 g/mol. The summed E-state index contributed by atoms with van der Waals surface area (Å²) >= 11 is 0. The van der Waals surface area contributed by atoms with Crippen LogP contribution in [0, 0.1) is 5.92 Å². The molecule has 0 fully saturated rings. The molecule has 0 saturated carbocycles. The van der Waals surface area contributed by atoms with Gasteiger partial charge in [-0.15, -0.1) is 0 Å². The number of rotatable bonds is 4. The van der Waals surface area contributed by atoms with E-state index in [1.54, 1.807) is 6.07 Å². The van der Waals surface area contributed by atoms with Crippen molar-refractivity contribution in [2.75, 3.05) is 0 Å². The average Bonchev–Trinajstić information content (AvgIpc) is 2.78. The van der Waals surface area contributed by atoms with Gasteiger partial charge in [0.2, 0.25) is 0 Å². The van der Waals surface area contributed by atoms with Gasteiger partial charge in [-0.3, -0.25) is 0 Å². The van der Waals surface area contributed by atoms with E-state index in [-0.39, 0.29) is 0 Å². The van der Waals surface area contributed by atoms with Gasteiger partial charge in [0, 0.05) is 17.6 Å². The quantitative estimate of drug-likeness (QED) is 0.911. The maximum atomic E-state index is 11.6. The minimum atomic E-state index is -0.818. The first-order chi connectivity index (χ1) is 10.1. The van der Waals surface area contributed by atoms with Gasteiger partial charge >= 0.3 is 5.97 Å². The number of benzene rings is 1. The number of nitrogens with zero attached hydrogens (tertiary/aromatic N) is 1. The molecule has 3 nitrogen and oxygen atoms in total. The molecule has 1 unspecified atom stereocenters. The minimum absolute atomic E-state index is 0.450. The Labute approximate surface area is 125 Å². The predicted molar refractivity (Wildman–Crippen MR) is 85.0 cm³/mol. The van der Waals surface area contributed by atoms with E-state index >= 15 is 0 Å². The van der Waals surface area contributed by atoms with Crippen molar-refractivity contribution in [2.24, 2.45) is 5.92 Å². The summed E-state index contributed by atoms with van der Waals surface area (Å²) in [5.74, 6) is -0.127. The zero-order chi connectivity index (χ0) is 15.0. The number of aromatic carboxylic acids is 1. The summed E-state index contributed by atoms with van der Waals surface area (Å²) < 4.78 is 2.30. The topological polar surface area (TPSA) is 42.2 Å². The van der Waals surface area contributed by atoms with Crippen LogP contribution in [0.1, 0.15) is 54.7 Å². The molecule has 0 aliphatic heterocycles. The van der Waals surface area contributed by atoms with Crippen molar-refractivity contribution in [1.82, 2.24) is 4.57 Å². The lowest BCUT2D eigenvalue weighted by atomic mass is 9.87. The normalized spacial score (nSPS) is 17.9. The third-order valence-electron chi connectivity index (χ3n) is 4.70. The summed E-state index contributed by atoms with van der Waals surface area (Å²) in [4.78, 5) is 11.6. The van der Waals surface area contributed by atoms with Crippen LogP contribution in [0.4, 0.5) is 0 Å². The zero-order valence-electron chi connectivity index (χ0n) is 12.9. The molecule has 0 saturated heterocycles. The Balaban J connectivity index is 2.27. The molecule has 21 heavy (non-hydrogen) atoms. The fourth-order valence-electron chi connectivity index (χ4n) is 3.61. The summed E-state index contributed by atoms with van der Waals surface area (Å²) in [6, 6.07) is 5.72. The van der Waals surface area contributed by atoms with Crippen LogP contribution in [0.3, 0.4) is 0 Å².